The number of amides is 1. The Balaban J connectivity index is 1.49. The van der Waals surface area contributed by atoms with Gasteiger partial charge in [0.1, 0.15) is 11.8 Å². The van der Waals surface area contributed by atoms with Crippen LogP contribution in [0.5, 0.6) is 0 Å². The molecule has 28 heavy (non-hydrogen) atoms. The maximum Gasteiger partial charge on any atom is 0.338 e. The molecule has 0 radical (unpaired) electrons. The zero-order valence-corrected chi connectivity index (χ0v) is 16.0. The number of benzene rings is 1. The summed E-state index contributed by atoms with van der Waals surface area (Å²) >= 11 is 1.57. The fraction of sp³-hybridized carbons (Fsp3) is 0.190. The summed E-state index contributed by atoms with van der Waals surface area (Å²) in [7, 11) is 0. The molecule has 1 aliphatic heterocycles. The summed E-state index contributed by atoms with van der Waals surface area (Å²) in [6.07, 6.45) is 2.12. The lowest BCUT2D eigenvalue weighted by molar-refractivity contribution is -0.136. The van der Waals surface area contributed by atoms with Crippen LogP contribution < -0.4 is 0 Å². The molecule has 0 spiro atoms. The van der Waals surface area contributed by atoms with Gasteiger partial charge >= 0.3 is 5.97 Å². The first-order valence-electron chi connectivity index (χ1n) is 8.82. The van der Waals surface area contributed by atoms with E-state index in [0.29, 0.717) is 17.7 Å². The van der Waals surface area contributed by atoms with Gasteiger partial charge in [0.05, 0.1) is 22.4 Å². The van der Waals surface area contributed by atoms with Crippen molar-refractivity contribution in [2.45, 2.75) is 19.4 Å². The quantitative estimate of drug-likeness (QED) is 0.609. The molecule has 1 aromatic carbocycles. The van der Waals surface area contributed by atoms with E-state index in [-0.39, 0.29) is 12.6 Å². The Morgan fingerprint density at radius 3 is 2.86 bits per heavy atom. The molecule has 3 aromatic rings. The Morgan fingerprint density at radius 2 is 2.14 bits per heavy atom. The number of esters is 1. The molecule has 0 fully saturated rings. The number of furan rings is 1. The molecular formula is C21H18N2O4S. The minimum atomic E-state index is -0.534. The zero-order chi connectivity index (χ0) is 19.5. The van der Waals surface area contributed by atoms with Gasteiger partial charge in [0.25, 0.3) is 5.91 Å². The van der Waals surface area contributed by atoms with Gasteiger partial charge in [-0.15, -0.1) is 11.3 Å². The lowest BCUT2D eigenvalue weighted by Crippen LogP contribution is -2.31. The lowest BCUT2D eigenvalue weighted by atomic mass is 10.1. The highest BCUT2D eigenvalue weighted by molar-refractivity contribution is 7.12. The summed E-state index contributed by atoms with van der Waals surface area (Å²) in [5.41, 5.74) is 2.18. The van der Waals surface area contributed by atoms with Crippen LogP contribution in [0.3, 0.4) is 0 Å². The first-order valence-corrected chi connectivity index (χ1v) is 9.70. The summed E-state index contributed by atoms with van der Waals surface area (Å²) in [6.45, 7) is 1.51. The summed E-state index contributed by atoms with van der Waals surface area (Å²) in [5, 5.41) is 7.82. The van der Waals surface area contributed by atoms with Gasteiger partial charge in [0.15, 0.2) is 6.61 Å². The number of thiophene rings is 1. The molecule has 0 aliphatic carbocycles. The number of carbonyl (C=O) groups excluding carboxylic acids is 2. The van der Waals surface area contributed by atoms with E-state index in [4.69, 9.17) is 9.15 Å². The van der Waals surface area contributed by atoms with Crippen LogP contribution in [0.4, 0.5) is 0 Å². The molecule has 6 nitrogen and oxygen atoms in total. The third kappa shape index (κ3) is 3.75. The number of ether oxygens (including phenoxy) is 1. The van der Waals surface area contributed by atoms with Crippen molar-refractivity contribution in [3.63, 3.8) is 0 Å². The van der Waals surface area contributed by atoms with Crippen LogP contribution in [0.25, 0.3) is 0 Å². The number of hydrogen-bond acceptors (Lipinski definition) is 6. The van der Waals surface area contributed by atoms with Gasteiger partial charge in [0, 0.05) is 6.42 Å². The maximum absolute atomic E-state index is 12.8. The normalized spacial score (nSPS) is 16.1. The Kier molecular flexibility index (Phi) is 5.08. The fourth-order valence-electron chi connectivity index (χ4n) is 3.08. The largest absolute Gasteiger partial charge is 0.467 e. The van der Waals surface area contributed by atoms with Crippen LogP contribution in [0.1, 0.15) is 39.0 Å². The topological polar surface area (TPSA) is 72.1 Å². The van der Waals surface area contributed by atoms with Crippen molar-refractivity contribution in [2.24, 2.45) is 5.10 Å². The van der Waals surface area contributed by atoms with Crippen LogP contribution in [-0.4, -0.2) is 29.2 Å². The molecule has 1 aliphatic rings. The smallest absolute Gasteiger partial charge is 0.338 e. The molecule has 1 amide bonds. The van der Waals surface area contributed by atoms with Gasteiger partial charge in [-0.2, -0.15) is 5.10 Å². The van der Waals surface area contributed by atoms with Crippen molar-refractivity contribution in [1.82, 2.24) is 5.01 Å². The van der Waals surface area contributed by atoms with E-state index in [1.165, 1.54) is 5.01 Å². The summed E-state index contributed by atoms with van der Waals surface area (Å²) < 4.78 is 10.7. The molecular weight excluding hydrogens is 376 g/mol. The second-order valence-electron chi connectivity index (χ2n) is 6.44. The standard InChI is InChI=1S/C21H18N2O4S/c1-14-5-2-6-15(11-14)21(25)27-13-20(24)23-17(18-7-3-9-26-18)12-16(22-23)19-8-4-10-28-19/h2-11,17H,12-13H2,1H3. The molecule has 0 saturated carbocycles. The van der Waals surface area contributed by atoms with E-state index in [2.05, 4.69) is 5.10 Å². The number of aryl methyl sites for hydroxylation is 1. The molecule has 4 rings (SSSR count). The van der Waals surface area contributed by atoms with E-state index in [9.17, 15) is 9.59 Å². The Bertz CT molecular complexity index is 1010. The van der Waals surface area contributed by atoms with Crippen molar-refractivity contribution in [1.29, 1.82) is 0 Å². The van der Waals surface area contributed by atoms with E-state index in [0.717, 1.165) is 16.2 Å². The number of hydrazone groups is 1. The van der Waals surface area contributed by atoms with E-state index >= 15 is 0 Å². The molecule has 3 heterocycles. The van der Waals surface area contributed by atoms with Gasteiger partial charge in [-0.05, 0) is 42.6 Å². The van der Waals surface area contributed by atoms with Crippen LogP contribution in [-0.2, 0) is 9.53 Å². The van der Waals surface area contributed by atoms with Gasteiger partial charge < -0.3 is 9.15 Å². The van der Waals surface area contributed by atoms with Crippen molar-refractivity contribution < 1.29 is 18.7 Å². The minimum Gasteiger partial charge on any atom is -0.467 e. The number of rotatable bonds is 5. The summed E-state index contributed by atoms with van der Waals surface area (Å²) in [6, 6.07) is 14.2. The number of carbonyl (C=O) groups is 2. The van der Waals surface area contributed by atoms with Crippen LogP contribution >= 0.6 is 11.3 Å². The van der Waals surface area contributed by atoms with E-state index < -0.39 is 11.9 Å². The molecule has 1 unspecified atom stereocenters. The van der Waals surface area contributed by atoms with Crippen LogP contribution in [0, 0.1) is 6.92 Å². The lowest BCUT2D eigenvalue weighted by Gasteiger charge is -2.19. The van der Waals surface area contributed by atoms with Crippen molar-refractivity contribution in [2.75, 3.05) is 6.61 Å². The molecule has 2 aromatic heterocycles. The number of nitrogens with zero attached hydrogens (tertiary/aromatic N) is 2. The maximum atomic E-state index is 12.8. The van der Waals surface area contributed by atoms with Crippen molar-refractivity contribution in [3.05, 3.63) is 81.9 Å². The van der Waals surface area contributed by atoms with Crippen LogP contribution in [0.15, 0.2) is 69.7 Å². The summed E-state index contributed by atoms with van der Waals surface area (Å²) in [5.74, 6) is -0.282. The molecule has 1 atom stereocenters. The highest BCUT2D eigenvalue weighted by atomic mass is 32.1. The molecule has 0 saturated heterocycles. The SMILES string of the molecule is Cc1cccc(C(=O)OCC(=O)N2N=C(c3cccs3)CC2c2ccco2)c1. The van der Waals surface area contributed by atoms with Crippen molar-refractivity contribution >= 4 is 28.9 Å². The molecule has 0 bridgehead atoms. The van der Waals surface area contributed by atoms with E-state index in [1.807, 2.05) is 36.6 Å². The summed E-state index contributed by atoms with van der Waals surface area (Å²) in [4.78, 5) is 26.0. The predicted molar refractivity (Wildman–Crippen MR) is 105 cm³/mol. The average molecular weight is 394 g/mol. The zero-order valence-electron chi connectivity index (χ0n) is 15.2. The van der Waals surface area contributed by atoms with E-state index in [1.54, 1.807) is 41.9 Å². The molecule has 0 N–H and O–H groups in total. The number of hydrogen-bond donors (Lipinski definition) is 0. The Morgan fingerprint density at radius 1 is 1.25 bits per heavy atom. The van der Waals surface area contributed by atoms with Crippen LogP contribution in [0.2, 0.25) is 0 Å². The van der Waals surface area contributed by atoms with Gasteiger partial charge in [-0.25, -0.2) is 9.80 Å². The Hall–Kier alpha value is -3.19. The molecule has 142 valence electrons. The van der Waals surface area contributed by atoms with Gasteiger partial charge in [-0.1, -0.05) is 23.8 Å². The predicted octanol–water partition coefficient (Wildman–Crippen LogP) is 4.18. The monoisotopic (exact) mass is 394 g/mol. The second-order valence-corrected chi connectivity index (χ2v) is 7.39. The van der Waals surface area contributed by atoms with Gasteiger partial charge in [-0.3, -0.25) is 4.79 Å². The van der Waals surface area contributed by atoms with Crippen molar-refractivity contribution in [3.8, 4) is 0 Å². The highest BCUT2D eigenvalue weighted by Gasteiger charge is 2.35. The second kappa shape index (κ2) is 7.82. The third-order valence-corrected chi connectivity index (χ3v) is 5.34. The molecule has 7 heteroatoms. The average Bonchev–Trinajstić information content (AvgIpc) is 3.46. The first-order chi connectivity index (χ1) is 13.6. The Labute approximate surface area is 166 Å². The van der Waals surface area contributed by atoms with Gasteiger partial charge in [0.2, 0.25) is 0 Å². The first kappa shape index (κ1) is 18.2. The highest BCUT2D eigenvalue weighted by Crippen LogP contribution is 2.34. The minimum absolute atomic E-state index is 0.350. The third-order valence-electron chi connectivity index (χ3n) is 4.42. The fourth-order valence-corrected chi connectivity index (χ4v) is 3.80.